The fourth-order valence-electron chi connectivity index (χ4n) is 1.80. The summed E-state index contributed by atoms with van der Waals surface area (Å²) in [4.78, 5) is 11.8. The SMILES string of the molecule is Cc1ccc(Br)cc1CNC(=O)C1(CO)CC1. The number of halogens is 1. The summed E-state index contributed by atoms with van der Waals surface area (Å²) in [5.41, 5.74) is 1.77. The van der Waals surface area contributed by atoms with Crippen LogP contribution >= 0.6 is 15.9 Å². The lowest BCUT2D eigenvalue weighted by Gasteiger charge is -2.13. The predicted octanol–water partition coefficient (Wildman–Crippen LogP) is 2.15. The Bertz CT molecular complexity index is 441. The molecule has 2 N–H and O–H groups in total. The third-order valence-corrected chi connectivity index (χ3v) is 3.88. The van der Waals surface area contributed by atoms with Crippen molar-refractivity contribution in [3.63, 3.8) is 0 Å². The summed E-state index contributed by atoms with van der Waals surface area (Å²) in [5.74, 6) is -0.0284. The number of nitrogens with one attached hydrogen (secondary N) is 1. The molecule has 0 aliphatic heterocycles. The van der Waals surface area contributed by atoms with Gasteiger partial charge in [-0.1, -0.05) is 22.0 Å². The molecule has 1 fully saturated rings. The minimum Gasteiger partial charge on any atom is -0.395 e. The molecule has 0 unspecified atom stereocenters. The molecule has 0 radical (unpaired) electrons. The van der Waals surface area contributed by atoms with Crippen LogP contribution < -0.4 is 5.32 Å². The summed E-state index contributed by atoms with van der Waals surface area (Å²) < 4.78 is 1.01. The smallest absolute Gasteiger partial charge is 0.228 e. The van der Waals surface area contributed by atoms with Gasteiger partial charge >= 0.3 is 0 Å². The molecule has 1 aromatic rings. The van der Waals surface area contributed by atoms with E-state index in [9.17, 15) is 4.79 Å². The van der Waals surface area contributed by atoms with Crippen LogP contribution in [-0.2, 0) is 11.3 Å². The van der Waals surface area contributed by atoms with Crippen molar-refractivity contribution in [2.75, 3.05) is 6.61 Å². The molecule has 17 heavy (non-hydrogen) atoms. The molecule has 3 nitrogen and oxygen atoms in total. The molecular weight excluding hydrogens is 282 g/mol. The van der Waals surface area contributed by atoms with Crippen LogP contribution in [0.1, 0.15) is 24.0 Å². The summed E-state index contributed by atoms with van der Waals surface area (Å²) in [6, 6.07) is 6.01. The van der Waals surface area contributed by atoms with Gasteiger partial charge in [0.2, 0.25) is 5.91 Å². The van der Waals surface area contributed by atoms with Gasteiger partial charge in [0.1, 0.15) is 0 Å². The maximum absolute atomic E-state index is 11.8. The number of rotatable bonds is 4. The number of benzene rings is 1. The number of amides is 1. The van der Waals surface area contributed by atoms with Crippen LogP contribution in [0.25, 0.3) is 0 Å². The van der Waals surface area contributed by atoms with Crippen molar-refractivity contribution < 1.29 is 9.90 Å². The Kier molecular flexibility index (Phi) is 3.54. The Morgan fingerprint density at radius 2 is 2.24 bits per heavy atom. The summed E-state index contributed by atoms with van der Waals surface area (Å²) in [6.45, 7) is 2.50. The van der Waals surface area contributed by atoms with E-state index in [2.05, 4.69) is 21.2 Å². The van der Waals surface area contributed by atoms with Gasteiger partial charge in [-0.3, -0.25) is 4.79 Å². The van der Waals surface area contributed by atoms with Crippen molar-refractivity contribution in [1.29, 1.82) is 0 Å². The first-order chi connectivity index (χ1) is 8.07. The number of aliphatic hydroxyl groups excluding tert-OH is 1. The molecule has 1 saturated carbocycles. The average molecular weight is 298 g/mol. The zero-order valence-corrected chi connectivity index (χ0v) is 11.4. The highest BCUT2D eigenvalue weighted by atomic mass is 79.9. The van der Waals surface area contributed by atoms with Crippen molar-refractivity contribution in [1.82, 2.24) is 5.32 Å². The van der Waals surface area contributed by atoms with E-state index in [-0.39, 0.29) is 12.5 Å². The number of hydrogen-bond donors (Lipinski definition) is 2. The molecule has 0 aromatic heterocycles. The highest BCUT2D eigenvalue weighted by Gasteiger charge is 2.49. The minimum atomic E-state index is -0.486. The van der Waals surface area contributed by atoms with Crippen LogP contribution in [0.15, 0.2) is 22.7 Å². The van der Waals surface area contributed by atoms with E-state index in [0.717, 1.165) is 28.4 Å². The average Bonchev–Trinajstić information content (AvgIpc) is 3.11. The molecule has 0 heterocycles. The Morgan fingerprint density at radius 3 is 2.82 bits per heavy atom. The number of hydrogen-bond acceptors (Lipinski definition) is 2. The Labute approximate surface area is 109 Å². The maximum Gasteiger partial charge on any atom is 0.228 e. The van der Waals surface area contributed by atoms with E-state index in [1.165, 1.54) is 0 Å². The van der Waals surface area contributed by atoms with Gasteiger partial charge < -0.3 is 10.4 Å². The van der Waals surface area contributed by atoms with Crippen LogP contribution in [0, 0.1) is 12.3 Å². The molecule has 1 aliphatic rings. The molecule has 92 valence electrons. The number of aryl methyl sites for hydroxylation is 1. The lowest BCUT2D eigenvalue weighted by molar-refractivity contribution is -0.127. The van der Waals surface area contributed by atoms with E-state index in [0.29, 0.717) is 6.54 Å². The second-order valence-corrected chi connectivity index (χ2v) is 5.61. The zero-order valence-electron chi connectivity index (χ0n) is 9.79. The molecule has 0 saturated heterocycles. The number of aliphatic hydroxyl groups is 1. The minimum absolute atomic E-state index is 0.0284. The molecule has 1 aliphatic carbocycles. The molecule has 0 spiro atoms. The van der Waals surface area contributed by atoms with Gasteiger partial charge in [-0.25, -0.2) is 0 Å². The first-order valence-electron chi connectivity index (χ1n) is 5.72. The highest BCUT2D eigenvalue weighted by Crippen LogP contribution is 2.45. The van der Waals surface area contributed by atoms with Gasteiger partial charge in [-0.05, 0) is 43.0 Å². The van der Waals surface area contributed by atoms with Gasteiger partial charge in [0.25, 0.3) is 0 Å². The third kappa shape index (κ3) is 2.69. The van der Waals surface area contributed by atoms with E-state index >= 15 is 0 Å². The van der Waals surface area contributed by atoms with Crippen molar-refractivity contribution in [3.8, 4) is 0 Å². The topological polar surface area (TPSA) is 49.3 Å². The predicted molar refractivity (Wildman–Crippen MR) is 69.5 cm³/mol. The summed E-state index contributed by atoms with van der Waals surface area (Å²) in [5, 5.41) is 12.1. The molecule has 2 rings (SSSR count). The molecule has 1 aromatic carbocycles. The highest BCUT2D eigenvalue weighted by molar-refractivity contribution is 9.10. The van der Waals surface area contributed by atoms with E-state index in [4.69, 9.17) is 5.11 Å². The monoisotopic (exact) mass is 297 g/mol. The molecule has 4 heteroatoms. The van der Waals surface area contributed by atoms with Crippen molar-refractivity contribution in [2.24, 2.45) is 5.41 Å². The summed E-state index contributed by atoms with van der Waals surface area (Å²) in [6.07, 6.45) is 1.60. The largest absolute Gasteiger partial charge is 0.395 e. The number of carbonyl (C=O) groups is 1. The fourth-order valence-corrected chi connectivity index (χ4v) is 2.21. The lowest BCUT2D eigenvalue weighted by atomic mass is 10.1. The van der Waals surface area contributed by atoms with Crippen molar-refractivity contribution in [3.05, 3.63) is 33.8 Å². The maximum atomic E-state index is 11.8. The van der Waals surface area contributed by atoms with Gasteiger partial charge in [0.05, 0.1) is 12.0 Å². The molecule has 0 atom stereocenters. The lowest BCUT2D eigenvalue weighted by Crippen LogP contribution is -2.33. The summed E-state index contributed by atoms with van der Waals surface area (Å²) in [7, 11) is 0. The summed E-state index contributed by atoms with van der Waals surface area (Å²) >= 11 is 3.42. The van der Waals surface area contributed by atoms with Gasteiger partial charge in [0.15, 0.2) is 0 Å². The Balaban J connectivity index is 1.98. The molecule has 0 bridgehead atoms. The zero-order chi connectivity index (χ0) is 12.5. The second-order valence-electron chi connectivity index (χ2n) is 4.69. The van der Waals surface area contributed by atoms with Crippen molar-refractivity contribution in [2.45, 2.75) is 26.3 Å². The quantitative estimate of drug-likeness (QED) is 0.895. The second kappa shape index (κ2) is 4.78. The van der Waals surface area contributed by atoms with Crippen LogP contribution in [0.5, 0.6) is 0 Å². The van der Waals surface area contributed by atoms with Crippen LogP contribution in [-0.4, -0.2) is 17.6 Å². The van der Waals surface area contributed by atoms with E-state index < -0.39 is 5.41 Å². The normalized spacial score (nSPS) is 16.6. The first-order valence-corrected chi connectivity index (χ1v) is 6.51. The van der Waals surface area contributed by atoms with Gasteiger partial charge in [-0.15, -0.1) is 0 Å². The van der Waals surface area contributed by atoms with E-state index in [1.54, 1.807) is 0 Å². The fraction of sp³-hybridized carbons (Fsp3) is 0.462. The Morgan fingerprint density at radius 1 is 1.53 bits per heavy atom. The first kappa shape index (κ1) is 12.6. The number of carbonyl (C=O) groups excluding carboxylic acids is 1. The van der Waals surface area contributed by atoms with Crippen molar-refractivity contribution >= 4 is 21.8 Å². The van der Waals surface area contributed by atoms with E-state index in [1.807, 2.05) is 25.1 Å². The van der Waals surface area contributed by atoms with Crippen LogP contribution in [0.4, 0.5) is 0 Å². The van der Waals surface area contributed by atoms with Gasteiger partial charge in [0, 0.05) is 11.0 Å². The molecular formula is C13H16BrNO2. The Hall–Kier alpha value is -0.870. The standard InChI is InChI=1S/C13H16BrNO2/c1-9-2-3-11(14)6-10(9)7-15-12(17)13(8-16)4-5-13/h2-3,6,16H,4-5,7-8H2,1H3,(H,15,17). The molecule has 1 amide bonds. The third-order valence-electron chi connectivity index (χ3n) is 3.39. The van der Waals surface area contributed by atoms with Gasteiger partial charge in [-0.2, -0.15) is 0 Å². The van der Waals surface area contributed by atoms with Crippen LogP contribution in [0.2, 0.25) is 0 Å². The van der Waals surface area contributed by atoms with Crippen LogP contribution in [0.3, 0.4) is 0 Å².